The van der Waals surface area contributed by atoms with E-state index in [4.69, 9.17) is 18.9 Å². The summed E-state index contributed by atoms with van der Waals surface area (Å²) in [5.41, 5.74) is 3.12. The van der Waals surface area contributed by atoms with Crippen molar-refractivity contribution in [3.63, 3.8) is 0 Å². The molecule has 1 fully saturated rings. The SMILES string of the molecule is COc1cc(OC)c(CN2CCN(C(=O)OCc3cccc(C)c3)CC2)c(OC)c1. The Kier molecular flexibility index (Phi) is 7.41. The number of benzene rings is 2. The van der Waals surface area contributed by atoms with Crippen LogP contribution in [0.2, 0.25) is 0 Å². The summed E-state index contributed by atoms with van der Waals surface area (Å²) in [6.07, 6.45) is -0.268. The lowest BCUT2D eigenvalue weighted by molar-refractivity contribution is 0.0696. The number of hydrogen-bond donors (Lipinski definition) is 0. The van der Waals surface area contributed by atoms with Gasteiger partial charge < -0.3 is 23.8 Å². The zero-order valence-electron chi connectivity index (χ0n) is 18.1. The molecule has 0 bridgehead atoms. The molecule has 162 valence electrons. The van der Waals surface area contributed by atoms with Crippen LogP contribution < -0.4 is 14.2 Å². The second-order valence-electron chi connectivity index (χ2n) is 7.32. The topological polar surface area (TPSA) is 60.5 Å². The molecule has 0 aromatic heterocycles. The maximum absolute atomic E-state index is 12.4. The quantitative estimate of drug-likeness (QED) is 0.691. The van der Waals surface area contributed by atoms with Crippen LogP contribution in [0, 0.1) is 6.92 Å². The van der Waals surface area contributed by atoms with Crippen LogP contribution in [-0.2, 0) is 17.9 Å². The first-order valence-corrected chi connectivity index (χ1v) is 10.0. The van der Waals surface area contributed by atoms with Crippen LogP contribution in [-0.4, -0.2) is 63.4 Å². The summed E-state index contributed by atoms with van der Waals surface area (Å²) < 4.78 is 21.9. The van der Waals surface area contributed by atoms with E-state index in [0.717, 1.165) is 41.3 Å². The van der Waals surface area contributed by atoms with E-state index in [1.807, 2.05) is 43.3 Å². The predicted molar refractivity (Wildman–Crippen MR) is 114 cm³/mol. The number of piperazine rings is 1. The van der Waals surface area contributed by atoms with Gasteiger partial charge in [0.15, 0.2) is 0 Å². The van der Waals surface area contributed by atoms with Crippen molar-refractivity contribution in [2.75, 3.05) is 47.5 Å². The van der Waals surface area contributed by atoms with E-state index in [0.29, 0.717) is 32.0 Å². The van der Waals surface area contributed by atoms with Gasteiger partial charge in [-0.1, -0.05) is 29.8 Å². The molecule has 0 saturated carbocycles. The molecule has 1 saturated heterocycles. The minimum absolute atomic E-state index is 0.268. The Hall–Kier alpha value is -2.93. The molecule has 1 amide bonds. The lowest BCUT2D eigenvalue weighted by atomic mass is 10.1. The van der Waals surface area contributed by atoms with E-state index < -0.39 is 0 Å². The fourth-order valence-electron chi connectivity index (χ4n) is 3.58. The fraction of sp³-hybridized carbons (Fsp3) is 0.435. The number of ether oxygens (including phenoxy) is 4. The van der Waals surface area contributed by atoms with Gasteiger partial charge >= 0.3 is 6.09 Å². The van der Waals surface area contributed by atoms with E-state index >= 15 is 0 Å². The Morgan fingerprint density at radius 1 is 0.933 bits per heavy atom. The molecule has 0 spiro atoms. The minimum Gasteiger partial charge on any atom is -0.496 e. The molecular weight excluding hydrogens is 384 g/mol. The number of rotatable bonds is 7. The van der Waals surface area contributed by atoms with Crippen molar-refractivity contribution in [3.05, 3.63) is 53.1 Å². The Bertz CT molecular complexity index is 837. The molecule has 0 N–H and O–H groups in total. The highest BCUT2D eigenvalue weighted by molar-refractivity contribution is 5.67. The van der Waals surface area contributed by atoms with Gasteiger partial charge in [-0.2, -0.15) is 0 Å². The molecule has 7 heteroatoms. The average molecular weight is 415 g/mol. The summed E-state index contributed by atoms with van der Waals surface area (Å²) in [5, 5.41) is 0. The summed E-state index contributed by atoms with van der Waals surface area (Å²) in [6.45, 7) is 5.72. The number of carbonyl (C=O) groups is 1. The molecule has 1 heterocycles. The summed E-state index contributed by atoms with van der Waals surface area (Å²) in [4.78, 5) is 16.5. The smallest absolute Gasteiger partial charge is 0.410 e. The van der Waals surface area contributed by atoms with Gasteiger partial charge in [-0.25, -0.2) is 4.79 Å². The lowest BCUT2D eigenvalue weighted by Gasteiger charge is -2.34. The monoisotopic (exact) mass is 414 g/mol. The first kappa shape index (κ1) is 21.8. The molecule has 1 aliphatic heterocycles. The van der Waals surface area contributed by atoms with Gasteiger partial charge in [0.05, 0.1) is 26.9 Å². The minimum atomic E-state index is -0.268. The van der Waals surface area contributed by atoms with Crippen LogP contribution in [0.25, 0.3) is 0 Å². The Morgan fingerprint density at radius 2 is 1.60 bits per heavy atom. The van der Waals surface area contributed by atoms with Crippen molar-refractivity contribution in [3.8, 4) is 17.2 Å². The first-order valence-electron chi connectivity index (χ1n) is 10.0. The van der Waals surface area contributed by atoms with Gasteiger partial charge in [-0.05, 0) is 12.5 Å². The highest BCUT2D eigenvalue weighted by Crippen LogP contribution is 2.35. The second-order valence-corrected chi connectivity index (χ2v) is 7.32. The predicted octanol–water partition coefficient (Wildman–Crippen LogP) is 3.48. The molecule has 0 unspecified atom stereocenters. The van der Waals surface area contributed by atoms with Crippen molar-refractivity contribution in [2.45, 2.75) is 20.1 Å². The van der Waals surface area contributed by atoms with Crippen molar-refractivity contribution in [1.29, 1.82) is 0 Å². The summed E-state index contributed by atoms with van der Waals surface area (Å²) in [6, 6.07) is 11.7. The standard InChI is InChI=1S/C23H30N2O5/c1-17-6-5-7-18(12-17)16-30-23(26)25-10-8-24(9-11-25)15-20-21(28-3)13-19(27-2)14-22(20)29-4/h5-7,12-14H,8-11,15-16H2,1-4H3. The molecule has 30 heavy (non-hydrogen) atoms. The largest absolute Gasteiger partial charge is 0.496 e. The van der Waals surface area contributed by atoms with Crippen LogP contribution >= 0.6 is 0 Å². The third-order valence-corrected chi connectivity index (χ3v) is 5.27. The molecule has 2 aromatic rings. The summed E-state index contributed by atoms with van der Waals surface area (Å²) in [7, 11) is 4.89. The maximum atomic E-state index is 12.4. The van der Waals surface area contributed by atoms with Crippen molar-refractivity contribution < 1.29 is 23.7 Å². The molecule has 0 radical (unpaired) electrons. The average Bonchev–Trinajstić information content (AvgIpc) is 2.78. The van der Waals surface area contributed by atoms with E-state index in [1.165, 1.54) is 0 Å². The fourth-order valence-corrected chi connectivity index (χ4v) is 3.58. The number of aryl methyl sites for hydroxylation is 1. The number of hydrogen-bond acceptors (Lipinski definition) is 6. The van der Waals surface area contributed by atoms with Crippen molar-refractivity contribution >= 4 is 6.09 Å². The van der Waals surface area contributed by atoms with E-state index in [9.17, 15) is 4.79 Å². The van der Waals surface area contributed by atoms with E-state index in [-0.39, 0.29) is 6.09 Å². The Morgan fingerprint density at radius 3 is 2.17 bits per heavy atom. The van der Waals surface area contributed by atoms with Crippen LogP contribution in [0.15, 0.2) is 36.4 Å². The molecule has 3 rings (SSSR count). The molecule has 0 atom stereocenters. The molecule has 1 aliphatic rings. The number of carbonyl (C=O) groups excluding carboxylic acids is 1. The van der Waals surface area contributed by atoms with Gasteiger partial charge in [0.1, 0.15) is 23.9 Å². The normalized spacial score (nSPS) is 14.3. The molecule has 2 aromatic carbocycles. The molecule has 0 aliphatic carbocycles. The highest BCUT2D eigenvalue weighted by atomic mass is 16.6. The number of amides is 1. The third-order valence-electron chi connectivity index (χ3n) is 5.27. The zero-order chi connectivity index (χ0) is 21.5. The zero-order valence-corrected chi connectivity index (χ0v) is 18.1. The van der Waals surface area contributed by atoms with Crippen LogP contribution in [0.4, 0.5) is 4.79 Å². The van der Waals surface area contributed by atoms with Gasteiger partial charge in [0.25, 0.3) is 0 Å². The first-order chi connectivity index (χ1) is 14.5. The van der Waals surface area contributed by atoms with Gasteiger partial charge in [-0.3, -0.25) is 4.90 Å². The Labute approximate surface area is 178 Å². The van der Waals surface area contributed by atoms with E-state index in [1.54, 1.807) is 26.2 Å². The van der Waals surface area contributed by atoms with Crippen LogP contribution in [0.3, 0.4) is 0 Å². The maximum Gasteiger partial charge on any atom is 0.410 e. The van der Waals surface area contributed by atoms with Gasteiger partial charge in [0.2, 0.25) is 0 Å². The summed E-state index contributed by atoms with van der Waals surface area (Å²) >= 11 is 0. The number of nitrogens with zero attached hydrogens (tertiary/aromatic N) is 2. The highest BCUT2D eigenvalue weighted by Gasteiger charge is 2.24. The van der Waals surface area contributed by atoms with Crippen molar-refractivity contribution in [2.24, 2.45) is 0 Å². The molecular formula is C23H30N2O5. The second kappa shape index (κ2) is 10.2. The lowest BCUT2D eigenvalue weighted by Crippen LogP contribution is -2.48. The Balaban J connectivity index is 1.55. The third kappa shape index (κ3) is 5.36. The van der Waals surface area contributed by atoms with Crippen LogP contribution in [0.1, 0.15) is 16.7 Å². The van der Waals surface area contributed by atoms with E-state index in [2.05, 4.69) is 4.90 Å². The van der Waals surface area contributed by atoms with Gasteiger partial charge in [-0.15, -0.1) is 0 Å². The molecule has 7 nitrogen and oxygen atoms in total. The summed E-state index contributed by atoms with van der Waals surface area (Å²) in [5.74, 6) is 2.14. The number of methoxy groups -OCH3 is 3. The van der Waals surface area contributed by atoms with Crippen LogP contribution in [0.5, 0.6) is 17.2 Å². The van der Waals surface area contributed by atoms with Gasteiger partial charge in [0, 0.05) is 44.9 Å². The van der Waals surface area contributed by atoms with Crippen molar-refractivity contribution in [1.82, 2.24) is 9.80 Å².